The highest BCUT2D eigenvalue weighted by Crippen LogP contribution is 2.43. The number of halogens is 1. The molecule has 0 radical (unpaired) electrons. The first-order valence-corrected chi connectivity index (χ1v) is 9.14. The predicted octanol–water partition coefficient (Wildman–Crippen LogP) is 2.75. The van der Waals surface area contributed by atoms with Gasteiger partial charge in [0.2, 0.25) is 0 Å². The summed E-state index contributed by atoms with van der Waals surface area (Å²) in [6, 6.07) is 10.8. The lowest BCUT2D eigenvalue weighted by atomic mass is 9.64. The van der Waals surface area contributed by atoms with E-state index in [1.54, 1.807) is 6.33 Å². The van der Waals surface area contributed by atoms with Crippen LogP contribution in [0, 0.1) is 0 Å². The molecule has 0 spiro atoms. The third kappa shape index (κ3) is 4.75. The number of nitrogens with zero attached hydrogens (tertiary/aromatic N) is 4. The van der Waals surface area contributed by atoms with Crippen molar-refractivity contribution in [3.05, 3.63) is 48.0 Å². The normalized spacial score (nSPS) is 15.7. The van der Waals surface area contributed by atoms with Gasteiger partial charge in [-0.1, -0.05) is 43.7 Å². The molecule has 7 heteroatoms. The highest BCUT2D eigenvalue weighted by atomic mass is 127. The maximum absolute atomic E-state index is 4.36. The van der Waals surface area contributed by atoms with Crippen molar-refractivity contribution in [1.82, 2.24) is 25.4 Å². The lowest BCUT2D eigenvalue weighted by molar-refractivity contribution is 0.244. The number of hydrogen-bond donors (Lipinski definition) is 2. The topological polar surface area (TPSA) is 67.1 Å². The average molecular weight is 468 g/mol. The second-order valence-corrected chi connectivity index (χ2v) is 6.65. The molecule has 0 amide bonds. The SMILES string of the molecule is CCc1nncn1CCNC(=NC)NCC1(c2ccccc2)CCC1.I. The largest absolute Gasteiger partial charge is 0.356 e. The molecule has 0 atom stereocenters. The first kappa shape index (κ1) is 20.7. The molecule has 1 saturated carbocycles. The van der Waals surface area contributed by atoms with E-state index in [0.717, 1.165) is 37.8 Å². The summed E-state index contributed by atoms with van der Waals surface area (Å²) in [6.45, 7) is 4.64. The predicted molar refractivity (Wildman–Crippen MR) is 116 cm³/mol. The lowest BCUT2D eigenvalue weighted by Crippen LogP contribution is -2.49. The summed E-state index contributed by atoms with van der Waals surface area (Å²) < 4.78 is 2.08. The number of aryl methyl sites for hydroxylation is 1. The molecule has 2 aromatic rings. The number of rotatable bonds is 7. The van der Waals surface area contributed by atoms with Gasteiger partial charge in [-0.3, -0.25) is 4.99 Å². The highest BCUT2D eigenvalue weighted by Gasteiger charge is 2.38. The zero-order valence-corrected chi connectivity index (χ0v) is 17.9. The third-order valence-electron chi connectivity index (χ3n) is 5.17. The Kier molecular flexibility index (Phi) is 7.86. The van der Waals surface area contributed by atoms with Crippen LogP contribution in [0.4, 0.5) is 0 Å². The minimum absolute atomic E-state index is 0. The number of nitrogens with one attached hydrogen (secondary N) is 2. The van der Waals surface area contributed by atoms with Gasteiger partial charge in [0.15, 0.2) is 5.96 Å². The van der Waals surface area contributed by atoms with Crippen LogP contribution in [-0.2, 0) is 18.4 Å². The Labute approximate surface area is 172 Å². The van der Waals surface area contributed by atoms with Crippen LogP contribution in [0.1, 0.15) is 37.6 Å². The molecule has 1 aromatic carbocycles. The Hall–Kier alpha value is -1.64. The van der Waals surface area contributed by atoms with Crippen LogP contribution in [0.3, 0.4) is 0 Å². The fourth-order valence-electron chi connectivity index (χ4n) is 3.47. The molecule has 0 bridgehead atoms. The van der Waals surface area contributed by atoms with Crippen molar-refractivity contribution < 1.29 is 0 Å². The van der Waals surface area contributed by atoms with E-state index in [9.17, 15) is 0 Å². The summed E-state index contributed by atoms with van der Waals surface area (Å²) in [7, 11) is 1.82. The van der Waals surface area contributed by atoms with Crippen LogP contribution in [0.15, 0.2) is 41.7 Å². The molecule has 1 aromatic heterocycles. The molecule has 3 rings (SSSR count). The summed E-state index contributed by atoms with van der Waals surface area (Å²) >= 11 is 0. The van der Waals surface area contributed by atoms with Crippen molar-refractivity contribution in [2.45, 2.75) is 44.6 Å². The van der Waals surface area contributed by atoms with Crippen molar-refractivity contribution in [3.8, 4) is 0 Å². The van der Waals surface area contributed by atoms with Crippen LogP contribution >= 0.6 is 24.0 Å². The fourth-order valence-corrected chi connectivity index (χ4v) is 3.47. The molecule has 1 heterocycles. The number of benzene rings is 1. The van der Waals surface area contributed by atoms with E-state index in [4.69, 9.17) is 0 Å². The highest BCUT2D eigenvalue weighted by molar-refractivity contribution is 14.0. The second-order valence-electron chi connectivity index (χ2n) is 6.65. The summed E-state index contributed by atoms with van der Waals surface area (Å²) in [4.78, 5) is 4.36. The molecule has 1 fully saturated rings. The van der Waals surface area contributed by atoms with Gasteiger partial charge in [0.1, 0.15) is 12.2 Å². The van der Waals surface area contributed by atoms with Gasteiger partial charge >= 0.3 is 0 Å². The van der Waals surface area contributed by atoms with Gasteiger partial charge in [-0.25, -0.2) is 0 Å². The smallest absolute Gasteiger partial charge is 0.191 e. The summed E-state index contributed by atoms with van der Waals surface area (Å²) in [5.74, 6) is 1.87. The fraction of sp³-hybridized carbons (Fsp3) is 0.526. The molecule has 1 aliphatic rings. The number of aromatic nitrogens is 3. The minimum atomic E-state index is 0. The molecule has 6 nitrogen and oxygen atoms in total. The number of aliphatic imine (C=N–C) groups is 1. The Bertz CT molecular complexity index is 693. The molecular weight excluding hydrogens is 439 g/mol. The van der Waals surface area contributed by atoms with Crippen LogP contribution in [-0.4, -0.2) is 40.9 Å². The number of hydrogen-bond acceptors (Lipinski definition) is 3. The monoisotopic (exact) mass is 468 g/mol. The van der Waals surface area contributed by atoms with Crippen LogP contribution < -0.4 is 10.6 Å². The van der Waals surface area contributed by atoms with E-state index in [2.05, 4.69) is 67.6 Å². The zero-order chi connectivity index (χ0) is 17.5. The molecule has 0 saturated heterocycles. The second kappa shape index (κ2) is 9.89. The van der Waals surface area contributed by atoms with Gasteiger partial charge in [-0.2, -0.15) is 0 Å². The van der Waals surface area contributed by atoms with Gasteiger partial charge in [0, 0.05) is 38.5 Å². The van der Waals surface area contributed by atoms with Gasteiger partial charge in [-0.15, -0.1) is 34.2 Å². The summed E-state index contributed by atoms with van der Waals surface area (Å²) in [6.07, 6.45) is 6.46. The third-order valence-corrected chi connectivity index (χ3v) is 5.17. The standard InChI is InChI=1S/C19H28N6.HI/c1-3-17-24-23-15-25(17)13-12-21-18(20-2)22-14-19(10-7-11-19)16-8-5-4-6-9-16;/h4-6,8-9,15H,3,7,10-14H2,1-2H3,(H2,20,21,22);1H. The average Bonchev–Trinajstić information content (AvgIpc) is 3.07. The summed E-state index contributed by atoms with van der Waals surface area (Å²) in [5, 5.41) is 15.0. The van der Waals surface area contributed by atoms with Gasteiger partial charge < -0.3 is 15.2 Å². The van der Waals surface area contributed by atoms with Crippen molar-refractivity contribution in [2.24, 2.45) is 4.99 Å². The van der Waals surface area contributed by atoms with Crippen LogP contribution in [0.5, 0.6) is 0 Å². The van der Waals surface area contributed by atoms with Crippen molar-refractivity contribution in [3.63, 3.8) is 0 Å². The van der Waals surface area contributed by atoms with E-state index >= 15 is 0 Å². The Balaban J connectivity index is 0.00000243. The molecule has 26 heavy (non-hydrogen) atoms. The zero-order valence-electron chi connectivity index (χ0n) is 15.6. The van der Waals surface area contributed by atoms with Gasteiger partial charge in [-0.05, 0) is 18.4 Å². The van der Waals surface area contributed by atoms with Gasteiger partial charge in [0.05, 0.1) is 0 Å². The van der Waals surface area contributed by atoms with Gasteiger partial charge in [0.25, 0.3) is 0 Å². The van der Waals surface area contributed by atoms with E-state index in [1.165, 1.54) is 24.8 Å². The van der Waals surface area contributed by atoms with E-state index < -0.39 is 0 Å². The minimum Gasteiger partial charge on any atom is -0.356 e. The number of guanidine groups is 1. The lowest BCUT2D eigenvalue weighted by Gasteiger charge is -2.43. The molecule has 1 aliphatic carbocycles. The Morgan fingerprint density at radius 1 is 1.23 bits per heavy atom. The maximum Gasteiger partial charge on any atom is 0.191 e. The molecular formula is C19H29IN6. The molecule has 0 unspecified atom stereocenters. The van der Waals surface area contributed by atoms with E-state index in [-0.39, 0.29) is 29.4 Å². The van der Waals surface area contributed by atoms with Crippen LogP contribution in [0.2, 0.25) is 0 Å². The molecule has 142 valence electrons. The van der Waals surface area contributed by atoms with Crippen molar-refractivity contribution in [1.29, 1.82) is 0 Å². The summed E-state index contributed by atoms with van der Waals surface area (Å²) in [5.41, 5.74) is 1.68. The van der Waals surface area contributed by atoms with E-state index in [1.807, 2.05) is 7.05 Å². The van der Waals surface area contributed by atoms with Crippen LogP contribution in [0.25, 0.3) is 0 Å². The first-order valence-electron chi connectivity index (χ1n) is 9.14. The quantitative estimate of drug-likeness (QED) is 0.373. The van der Waals surface area contributed by atoms with Crippen molar-refractivity contribution >= 4 is 29.9 Å². The Morgan fingerprint density at radius 3 is 2.62 bits per heavy atom. The Morgan fingerprint density at radius 2 is 2.00 bits per heavy atom. The van der Waals surface area contributed by atoms with E-state index in [0.29, 0.717) is 0 Å². The maximum atomic E-state index is 4.36. The van der Waals surface area contributed by atoms with Crippen molar-refractivity contribution in [2.75, 3.05) is 20.1 Å². The molecule has 2 N–H and O–H groups in total. The first-order chi connectivity index (χ1) is 12.3. The molecule has 0 aliphatic heterocycles.